The van der Waals surface area contributed by atoms with Crippen LogP contribution in [-0.2, 0) is 19.0 Å². The van der Waals surface area contributed by atoms with E-state index < -0.39 is 5.92 Å². The average molecular weight is 418 g/mol. The molecule has 2 heterocycles. The van der Waals surface area contributed by atoms with Crippen LogP contribution in [0, 0.1) is 5.92 Å². The van der Waals surface area contributed by atoms with Crippen LogP contribution in [-0.4, -0.2) is 42.2 Å². The first-order valence-electron chi connectivity index (χ1n) is 9.62. The Labute approximate surface area is 179 Å². The summed E-state index contributed by atoms with van der Waals surface area (Å²) in [6.07, 6.45) is 6.80. The van der Waals surface area contributed by atoms with Gasteiger partial charge < -0.3 is 24.5 Å². The van der Waals surface area contributed by atoms with Crippen LogP contribution >= 0.6 is 0 Å². The predicted molar refractivity (Wildman–Crippen MR) is 117 cm³/mol. The van der Waals surface area contributed by atoms with E-state index in [9.17, 15) is 4.79 Å². The first-order valence-corrected chi connectivity index (χ1v) is 9.62. The van der Waals surface area contributed by atoms with Gasteiger partial charge in [0.1, 0.15) is 5.82 Å². The van der Waals surface area contributed by atoms with Gasteiger partial charge in [0.05, 0.1) is 38.5 Å². The quantitative estimate of drug-likeness (QED) is 0.632. The molecule has 8 heteroatoms. The monoisotopic (exact) mass is 418 g/mol. The van der Waals surface area contributed by atoms with Crippen LogP contribution in [0.3, 0.4) is 0 Å². The van der Waals surface area contributed by atoms with E-state index in [4.69, 9.17) is 14.2 Å². The molecule has 158 valence electrons. The number of rotatable bonds is 6. The Balaban J connectivity index is 1.64. The fraction of sp³-hybridized carbons (Fsp3) is 0.174. The van der Waals surface area contributed by atoms with Gasteiger partial charge in [-0.2, -0.15) is 0 Å². The number of pyridine rings is 1. The van der Waals surface area contributed by atoms with Gasteiger partial charge in [-0.05, 0) is 36.4 Å². The summed E-state index contributed by atoms with van der Waals surface area (Å²) in [4.78, 5) is 25.2. The van der Waals surface area contributed by atoms with Crippen molar-refractivity contribution < 1.29 is 19.0 Å². The number of anilines is 1. The van der Waals surface area contributed by atoms with Crippen molar-refractivity contribution in [1.29, 1.82) is 0 Å². The second-order valence-electron chi connectivity index (χ2n) is 6.72. The molecule has 0 aliphatic heterocycles. The second kappa shape index (κ2) is 8.74. The molecule has 1 aliphatic carbocycles. The fourth-order valence-corrected chi connectivity index (χ4v) is 3.36. The second-order valence-corrected chi connectivity index (χ2v) is 6.72. The zero-order valence-corrected chi connectivity index (χ0v) is 17.4. The van der Waals surface area contributed by atoms with Crippen molar-refractivity contribution in [2.75, 3.05) is 26.6 Å². The third-order valence-corrected chi connectivity index (χ3v) is 4.88. The van der Waals surface area contributed by atoms with Crippen molar-refractivity contribution in [3.63, 3.8) is 0 Å². The summed E-state index contributed by atoms with van der Waals surface area (Å²) in [5.74, 6) is 1.10. The maximum Gasteiger partial charge on any atom is 0.235 e. The molecule has 0 saturated carbocycles. The number of fused-ring (bicyclic) bond motifs is 1. The van der Waals surface area contributed by atoms with E-state index in [1.807, 2.05) is 36.4 Å². The number of carbonyl (C=O) groups excluding carboxylic acids is 1. The van der Waals surface area contributed by atoms with E-state index in [0.29, 0.717) is 34.4 Å². The maximum absolute atomic E-state index is 13.1. The van der Waals surface area contributed by atoms with Gasteiger partial charge in [-0.15, -0.1) is 0 Å². The van der Waals surface area contributed by atoms with Crippen molar-refractivity contribution in [2.45, 2.75) is 0 Å². The van der Waals surface area contributed by atoms with E-state index in [-0.39, 0.29) is 5.91 Å². The van der Waals surface area contributed by atoms with Crippen molar-refractivity contribution in [1.82, 2.24) is 15.0 Å². The number of carbonyl (C=O) groups is 1. The van der Waals surface area contributed by atoms with Crippen LogP contribution in [0.25, 0.3) is 22.6 Å². The molecule has 31 heavy (non-hydrogen) atoms. The van der Waals surface area contributed by atoms with Gasteiger partial charge in [0, 0.05) is 11.8 Å². The van der Waals surface area contributed by atoms with E-state index >= 15 is 0 Å². The van der Waals surface area contributed by atoms with E-state index in [1.165, 1.54) is 21.3 Å². The smallest absolute Gasteiger partial charge is 0.235 e. The van der Waals surface area contributed by atoms with Crippen LogP contribution in [0.4, 0.5) is 5.69 Å². The molecular formula is C23H22N4O4. The molecule has 0 bridgehead atoms. The molecule has 8 nitrogen and oxygen atoms in total. The highest BCUT2D eigenvalue weighted by molar-refractivity contribution is 5.98. The third kappa shape index (κ3) is 4.00. The highest BCUT2D eigenvalue weighted by Crippen LogP contribution is 2.29. The standard InChI is InChI=1S/C23H22N4O4/c1-29-18-11-10-14(13-19(30-2)20(18)31-3)23(28)26-16-8-5-4-7-15(16)21-25-17-9-6-12-24-22(17)27-21/h4-14H,1-3H3,(H,26,28)(H,24,25,27). The fourth-order valence-electron chi connectivity index (χ4n) is 3.36. The highest BCUT2D eigenvalue weighted by atomic mass is 16.5. The highest BCUT2D eigenvalue weighted by Gasteiger charge is 2.23. The Hall–Kier alpha value is -4.07. The number of nitrogens with one attached hydrogen (secondary N) is 2. The van der Waals surface area contributed by atoms with Gasteiger partial charge in [0.25, 0.3) is 0 Å². The van der Waals surface area contributed by atoms with Crippen LogP contribution in [0.2, 0.25) is 0 Å². The first kappa shape index (κ1) is 20.2. The number of aromatic amines is 1. The van der Waals surface area contributed by atoms with Crippen molar-refractivity contribution in [3.8, 4) is 11.4 Å². The minimum atomic E-state index is -0.599. The molecule has 1 atom stereocenters. The summed E-state index contributed by atoms with van der Waals surface area (Å²) < 4.78 is 16.2. The molecule has 2 N–H and O–H groups in total. The van der Waals surface area contributed by atoms with Gasteiger partial charge in [0.2, 0.25) is 11.7 Å². The Kier molecular flexibility index (Phi) is 5.70. The molecule has 1 amide bonds. The van der Waals surface area contributed by atoms with E-state index in [2.05, 4.69) is 20.3 Å². The molecule has 4 rings (SSSR count). The van der Waals surface area contributed by atoms with Crippen molar-refractivity contribution in [2.24, 2.45) is 5.92 Å². The number of benzene rings is 1. The number of ether oxygens (including phenoxy) is 3. The molecule has 0 radical (unpaired) electrons. The molecule has 2 aromatic heterocycles. The SMILES string of the molecule is COC1=CC(C(=O)Nc2ccccc2-c2nc3ncccc3[nH]2)C=CC(OC)=C1OC. The number of H-pyrrole nitrogens is 1. The average Bonchev–Trinajstić information content (AvgIpc) is 3.14. The number of hydrogen-bond acceptors (Lipinski definition) is 6. The molecule has 3 aromatic rings. The van der Waals surface area contributed by atoms with Gasteiger partial charge in [-0.1, -0.05) is 18.2 Å². The van der Waals surface area contributed by atoms with Gasteiger partial charge in [-0.3, -0.25) is 4.79 Å². The first-order chi connectivity index (χ1) is 15.1. The predicted octanol–water partition coefficient (Wildman–Crippen LogP) is 3.78. The summed E-state index contributed by atoms with van der Waals surface area (Å²) >= 11 is 0. The number of para-hydroxylation sites is 1. The lowest BCUT2D eigenvalue weighted by molar-refractivity contribution is -0.117. The number of nitrogens with zero attached hydrogens (tertiary/aromatic N) is 2. The minimum Gasteiger partial charge on any atom is -0.493 e. The van der Waals surface area contributed by atoms with E-state index in [1.54, 1.807) is 24.4 Å². The van der Waals surface area contributed by atoms with Gasteiger partial charge in [-0.25, -0.2) is 9.97 Å². The van der Waals surface area contributed by atoms with Gasteiger partial charge in [0.15, 0.2) is 17.2 Å². The molecule has 0 spiro atoms. The molecule has 1 aromatic carbocycles. The molecule has 1 unspecified atom stereocenters. The van der Waals surface area contributed by atoms with Crippen molar-refractivity contribution >= 4 is 22.8 Å². The summed E-state index contributed by atoms with van der Waals surface area (Å²) in [5, 5.41) is 2.99. The maximum atomic E-state index is 13.1. The number of methoxy groups -OCH3 is 3. The lowest BCUT2D eigenvalue weighted by atomic mass is 10.1. The van der Waals surface area contributed by atoms with Crippen molar-refractivity contribution in [3.05, 3.63) is 78.1 Å². The Morgan fingerprint density at radius 3 is 2.65 bits per heavy atom. The van der Waals surface area contributed by atoms with E-state index in [0.717, 1.165) is 11.1 Å². The number of hydrogen-bond donors (Lipinski definition) is 2. The molecule has 0 fully saturated rings. The third-order valence-electron chi connectivity index (χ3n) is 4.88. The minimum absolute atomic E-state index is 0.236. The zero-order valence-electron chi connectivity index (χ0n) is 17.4. The molecule has 0 saturated heterocycles. The Bertz CT molecular complexity index is 1180. The number of allylic oxidation sites excluding steroid dienone is 1. The van der Waals surface area contributed by atoms with Gasteiger partial charge >= 0.3 is 0 Å². The largest absolute Gasteiger partial charge is 0.493 e. The summed E-state index contributed by atoms with van der Waals surface area (Å²) in [6.45, 7) is 0. The Morgan fingerprint density at radius 1 is 1.06 bits per heavy atom. The van der Waals surface area contributed by atoms with Crippen LogP contribution in [0.1, 0.15) is 0 Å². The normalized spacial score (nSPS) is 16.0. The van der Waals surface area contributed by atoms with Crippen LogP contribution < -0.4 is 5.32 Å². The summed E-state index contributed by atoms with van der Waals surface area (Å²) in [6, 6.07) is 11.2. The number of amides is 1. The molecule has 1 aliphatic rings. The number of imidazole rings is 1. The Morgan fingerprint density at radius 2 is 1.90 bits per heavy atom. The lowest BCUT2D eigenvalue weighted by Crippen LogP contribution is -2.20. The summed E-state index contributed by atoms with van der Waals surface area (Å²) in [7, 11) is 4.57. The lowest BCUT2D eigenvalue weighted by Gasteiger charge is -2.14. The molecular weight excluding hydrogens is 396 g/mol. The summed E-state index contributed by atoms with van der Waals surface area (Å²) in [5.41, 5.74) is 2.82. The number of aromatic nitrogens is 3. The van der Waals surface area contributed by atoms with Crippen LogP contribution in [0.15, 0.2) is 78.1 Å². The topological polar surface area (TPSA) is 98.4 Å². The zero-order chi connectivity index (χ0) is 21.8. The van der Waals surface area contributed by atoms with Crippen LogP contribution in [0.5, 0.6) is 0 Å².